The Kier molecular flexibility index (Phi) is 2.67. The zero-order chi connectivity index (χ0) is 11.1. The molecule has 0 bridgehead atoms. The van der Waals surface area contributed by atoms with Gasteiger partial charge in [-0.3, -0.25) is 0 Å². The summed E-state index contributed by atoms with van der Waals surface area (Å²) in [5, 5.41) is 0. The maximum absolute atomic E-state index is 3.75. The largest absolute Gasteiger partial charge is 0.0655 e. The third-order valence-corrected chi connectivity index (χ3v) is 4.68. The molecule has 0 fully saturated rings. The Bertz CT molecular complexity index is 469. The molecule has 1 heteroatoms. The highest BCUT2D eigenvalue weighted by Crippen LogP contribution is 2.38. The molecule has 0 N–H and O–H groups in total. The van der Waals surface area contributed by atoms with Crippen LogP contribution < -0.4 is 0 Å². The molecule has 16 heavy (non-hydrogen) atoms. The summed E-state index contributed by atoms with van der Waals surface area (Å²) in [5.74, 6) is 0. The first kappa shape index (κ1) is 10.6. The molecule has 0 atom stereocenters. The number of allylic oxidation sites excluding steroid dienone is 1. The highest BCUT2D eigenvalue weighted by Gasteiger charge is 2.22. The first-order valence-electron chi connectivity index (χ1n) is 6.32. The van der Waals surface area contributed by atoms with Gasteiger partial charge in [0.2, 0.25) is 0 Å². The van der Waals surface area contributed by atoms with Crippen LogP contribution in [0.2, 0.25) is 0 Å². The average molecular weight is 277 g/mol. The molecule has 0 spiro atoms. The number of hydrogen-bond donors (Lipinski definition) is 0. The molecule has 1 aromatic carbocycles. The lowest BCUT2D eigenvalue weighted by Gasteiger charge is -2.21. The molecule has 0 heterocycles. The molecule has 0 saturated carbocycles. The van der Waals surface area contributed by atoms with Gasteiger partial charge in [0.05, 0.1) is 0 Å². The van der Waals surface area contributed by atoms with Gasteiger partial charge in [-0.05, 0) is 66.8 Å². The zero-order valence-corrected chi connectivity index (χ0v) is 11.4. The lowest BCUT2D eigenvalue weighted by atomic mass is 9.86. The first-order chi connectivity index (χ1) is 7.79. The van der Waals surface area contributed by atoms with E-state index in [1.807, 2.05) is 0 Å². The minimum absolute atomic E-state index is 1.20. The summed E-state index contributed by atoms with van der Waals surface area (Å²) in [6, 6.07) is 2.34. The number of halogens is 1. The monoisotopic (exact) mass is 276 g/mol. The van der Waals surface area contributed by atoms with Crippen LogP contribution in [-0.2, 0) is 19.3 Å². The first-order valence-corrected chi connectivity index (χ1v) is 7.11. The van der Waals surface area contributed by atoms with Crippen LogP contribution in [0.3, 0.4) is 0 Å². The molecular weight excluding hydrogens is 260 g/mol. The van der Waals surface area contributed by atoms with Crippen molar-refractivity contribution in [2.45, 2.75) is 45.4 Å². The van der Waals surface area contributed by atoms with Gasteiger partial charge in [0, 0.05) is 4.47 Å². The van der Waals surface area contributed by atoms with Crippen molar-refractivity contribution < 1.29 is 0 Å². The molecule has 0 unspecified atom stereocenters. The molecule has 0 aromatic heterocycles. The quantitative estimate of drug-likeness (QED) is 0.699. The number of benzene rings is 1. The summed E-state index contributed by atoms with van der Waals surface area (Å²) in [5.41, 5.74) is 7.96. The lowest BCUT2D eigenvalue weighted by Crippen LogP contribution is -2.07. The summed E-state index contributed by atoms with van der Waals surface area (Å²) < 4.78 is 1.34. The van der Waals surface area contributed by atoms with Gasteiger partial charge in [-0.2, -0.15) is 0 Å². The van der Waals surface area contributed by atoms with Gasteiger partial charge in [-0.25, -0.2) is 0 Å². The van der Waals surface area contributed by atoms with E-state index >= 15 is 0 Å². The molecule has 0 amide bonds. The maximum Gasteiger partial charge on any atom is 0.0216 e. The molecule has 1 aromatic rings. The van der Waals surface area contributed by atoms with Crippen LogP contribution in [0.25, 0.3) is 6.08 Å². The molecule has 0 saturated heterocycles. The second-order valence-corrected chi connectivity index (χ2v) is 5.78. The molecule has 0 nitrogen and oxygen atoms in total. The van der Waals surface area contributed by atoms with Crippen molar-refractivity contribution in [3.8, 4) is 0 Å². The zero-order valence-electron chi connectivity index (χ0n) is 9.78. The van der Waals surface area contributed by atoms with E-state index in [4.69, 9.17) is 0 Å². The summed E-state index contributed by atoms with van der Waals surface area (Å²) >= 11 is 3.75. The van der Waals surface area contributed by atoms with Gasteiger partial charge >= 0.3 is 0 Å². The van der Waals surface area contributed by atoms with E-state index in [-0.39, 0.29) is 0 Å². The van der Waals surface area contributed by atoms with Crippen LogP contribution in [-0.4, -0.2) is 0 Å². The minimum atomic E-state index is 1.20. The molecule has 2 aliphatic rings. The SMILES string of the molecule is CCC1=Cc2cc(Br)c3c(c2C1)CCCC3. The van der Waals surface area contributed by atoms with Crippen LogP contribution in [0.1, 0.15) is 48.4 Å². The Hall–Kier alpha value is -0.560. The van der Waals surface area contributed by atoms with Crippen LogP contribution in [0.15, 0.2) is 16.1 Å². The van der Waals surface area contributed by atoms with Gasteiger partial charge in [-0.1, -0.05) is 34.5 Å². The van der Waals surface area contributed by atoms with Crippen molar-refractivity contribution in [1.82, 2.24) is 0 Å². The van der Waals surface area contributed by atoms with Crippen molar-refractivity contribution in [2.75, 3.05) is 0 Å². The number of rotatable bonds is 1. The third kappa shape index (κ3) is 1.57. The Morgan fingerprint density at radius 1 is 1.12 bits per heavy atom. The Morgan fingerprint density at radius 3 is 2.62 bits per heavy atom. The summed E-state index contributed by atoms with van der Waals surface area (Å²) in [6.07, 6.45) is 10.1. The topological polar surface area (TPSA) is 0 Å². The van der Waals surface area contributed by atoms with Crippen molar-refractivity contribution in [2.24, 2.45) is 0 Å². The fourth-order valence-corrected chi connectivity index (χ4v) is 3.73. The summed E-state index contributed by atoms with van der Waals surface area (Å²) in [6.45, 7) is 2.26. The van der Waals surface area contributed by atoms with Gasteiger partial charge in [0.25, 0.3) is 0 Å². The van der Waals surface area contributed by atoms with E-state index in [0.29, 0.717) is 0 Å². The predicted molar refractivity (Wildman–Crippen MR) is 72.8 cm³/mol. The van der Waals surface area contributed by atoms with Gasteiger partial charge < -0.3 is 0 Å². The van der Waals surface area contributed by atoms with E-state index in [9.17, 15) is 0 Å². The van der Waals surface area contributed by atoms with E-state index in [1.165, 1.54) is 48.6 Å². The average Bonchev–Trinajstić information content (AvgIpc) is 2.72. The van der Waals surface area contributed by atoms with E-state index < -0.39 is 0 Å². The normalized spacial score (nSPS) is 18.0. The lowest BCUT2D eigenvalue weighted by molar-refractivity contribution is 0.677. The summed E-state index contributed by atoms with van der Waals surface area (Å²) in [4.78, 5) is 0. The van der Waals surface area contributed by atoms with Crippen LogP contribution in [0.5, 0.6) is 0 Å². The minimum Gasteiger partial charge on any atom is -0.0655 e. The van der Waals surface area contributed by atoms with Gasteiger partial charge in [0.15, 0.2) is 0 Å². The highest BCUT2D eigenvalue weighted by molar-refractivity contribution is 9.10. The Balaban J connectivity index is 2.14. The Morgan fingerprint density at radius 2 is 1.88 bits per heavy atom. The van der Waals surface area contributed by atoms with E-state index in [1.54, 1.807) is 22.3 Å². The van der Waals surface area contributed by atoms with Crippen molar-refractivity contribution in [3.05, 3.63) is 38.4 Å². The van der Waals surface area contributed by atoms with Crippen molar-refractivity contribution in [3.63, 3.8) is 0 Å². The van der Waals surface area contributed by atoms with Crippen LogP contribution >= 0.6 is 15.9 Å². The standard InChI is InChI=1S/C15H17Br/c1-2-10-7-11-9-15(16)13-6-4-3-5-12(13)14(11)8-10/h7,9H,2-6,8H2,1H3. The number of fused-ring (bicyclic) bond motifs is 3. The van der Waals surface area contributed by atoms with Gasteiger partial charge in [0.1, 0.15) is 0 Å². The molecule has 84 valence electrons. The van der Waals surface area contributed by atoms with Crippen molar-refractivity contribution in [1.29, 1.82) is 0 Å². The van der Waals surface area contributed by atoms with Crippen LogP contribution in [0.4, 0.5) is 0 Å². The summed E-state index contributed by atoms with van der Waals surface area (Å²) in [7, 11) is 0. The molecule has 0 radical (unpaired) electrons. The second-order valence-electron chi connectivity index (χ2n) is 4.92. The third-order valence-electron chi connectivity index (χ3n) is 3.97. The fraction of sp³-hybridized carbons (Fsp3) is 0.467. The fourth-order valence-electron chi connectivity index (χ4n) is 3.05. The Labute approximate surface area is 106 Å². The van der Waals surface area contributed by atoms with Crippen LogP contribution in [0, 0.1) is 0 Å². The maximum atomic E-state index is 3.75. The highest BCUT2D eigenvalue weighted by atomic mass is 79.9. The van der Waals surface area contributed by atoms with Crippen molar-refractivity contribution >= 4 is 22.0 Å². The second kappa shape index (κ2) is 4.03. The molecule has 3 rings (SSSR count). The predicted octanol–water partition coefficient (Wildman–Crippen LogP) is 4.68. The molecule has 0 aliphatic heterocycles. The number of hydrogen-bond acceptors (Lipinski definition) is 0. The van der Waals surface area contributed by atoms with Gasteiger partial charge in [-0.15, -0.1) is 0 Å². The molecular formula is C15H17Br. The van der Waals surface area contributed by atoms with E-state index in [0.717, 1.165) is 0 Å². The van der Waals surface area contributed by atoms with E-state index in [2.05, 4.69) is 35.0 Å². The smallest absolute Gasteiger partial charge is 0.0216 e. The molecule has 2 aliphatic carbocycles.